The molecule has 20 heavy (non-hydrogen) atoms. The van der Waals surface area contributed by atoms with Gasteiger partial charge in [0.25, 0.3) is 0 Å². The Labute approximate surface area is 121 Å². The first-order valence-corrected chi connectivity index (χ1v) is 7.96. The van der Waals surface area contributed by atoms with Gasteiger partial charge in [-0.2, -0.15) is 4.98 Å². The zero-order chi connectivity index (χ0) is 14.4. The van der Waals surface area contributed by atoms with Crippen LogP contribution in [0.5, 0.6) is 0 Å². The SMILES string of the molecule is CCCC(OCC)c1noc(C2(CCC)CCCN2)n1. The second-order valence-electron chi connectivity index (χ2n) is 5.55. The highest BCUT2D eigenvalue weighted by atomic mass is 16.5. The van der Waals surface area contributed by atoms with Crippen molar-refractivity contribution in [3.05, 3.63) is 11.7 Å². The molecule has 1 aliphatic heterocycles. The number of hydrogen-bond donors (Lipinski definition) is 1. The molecule has 1 saturated heterocycles. The standard InChI is InChI=1S/C15H27N3O2/c1-4-8-12(19-6-3)13-17-14(20-18-13)15(9-5-2)10-7-11-16-15/h12,16H,4-11H2,1-3H3. The molecule has 2 atom stereocenters. The maximum atomic E-state index is 5.73. The summed E-state index contributed by atoms with van der Waals surface area (Å²) in [5.74, 6) is 1.44. The lowest BCUT2D eigenvalue weighted by molar-refractivity contribution is 0.0477. The normalized spacial score (nSPS) is 24.1. The molecule has 2 rings (SSSR count). The van der Waals surface area contributed by atoms with E-state index in [1.54, 1.807) is 0 Å². The fraction of sp³-hybridized carbons (Fsp3) is 0.867. The van der Waals surface area contributed by atoms with Crippen molar-refractivity contribution in [2.75, 3.05) is 13.2 Å². The van der Waals surface area contributed by atoms with Crippen LogP contribution in [0.1, 0.15) is 77.1 Å². The van der Waals surface area contributed by atoms with Gasteiger partial charge in [0.05, 0.1) is 5.54 Å². The number of nitrogens with one attached hydrogen (secondary N) is 1. The minimum Gasteiger partial charge on any atom is -0.370 e. The zero-order valence-corrected chi connectivity index (χ0v) is 12.9. The molecule has 0 radical (unpaired) electrons. The van der Waals surface area contributed by atoms with E-state index in [0.29, 0.717) is 12.4 Å². The van der Waals surface area contributed by atoms with Crippen LogP contribution in [0.4, 0.5) is 0 Å². The van der Waals surface area contributed by atoms with Crippen molar-refractivity contribution in [2.24, 2.45) is 0 Å². The van der Waals surface area contributed by atoms with Gasteiger partial charge in [0.15, 0.2) is 0 Å². The molecule has 0 saturated carbocycles. The summed E-state index contributed by atoms with van der Waals surface area (Å²) in [6.07, 6.45) is 6.34. The number of aromatic nitrogens is 2. The lowest BCUT2D eigenvalue weighted by Gasteiger charge is -2.24. The molecule has 0 amide bonds. The first kappa shape index (κ1) is 15.4. The highest BCUT2D eigenvalue weighted by Gasteiger charge is 2.40. The third-order valence-electron chi connectivity index (χ3n) is 3.98. The van der Waals surface area contributed by atoms with Gasteiger partial charge in [0, 0.05) is 6.61 Å². The molecule has 1 aromatic rings. The van der Waals surface area contributed by atoms with Crippen LogP contribution < -0.4 is 5.32 Å². The molecule has 1 aromatic heterocycles. The number of ether oxygens (including phenoxy) is 1. The van der Waals surface area contributed by atoms with Crippen molar-refractivity contribution >= 4 is 0 Å². The van der Waals surface area contributed by atoms with Crippen molar-refractivity contribution in [3.63, 3.8) is 0 Å². The fourth-order valence-electron chi connectivity index (χ4n) is 3.05. The molecule has 5 heteroatoms. The zero-order valence-electron chi connectivity index (χ0n) is 12.9. The molecule has 0 aliphatic carbocycles. The van der Waals surface area contributed by atoms with Crippen LogP contribution in [0.3, 0.4) is 0 Å². The maximum absolute atomic E-state index is 5.73. The lowest BCUT2D eigenvalue weighted by Crippen LogP contribution is -2.37. The Hall–Kier alpha value is -0.940. The van der Waals surface area contributed by atoms with Crippen molar-refractivity contribution in [1.29, 1.82) is 0 Å². The van der Waals surface area contributed by atoms with Crippen LogP contribution in [-0.2, 0) is 10.3 Å². The predicted octanol–water partition coefficient (Wildman–Crippen LogP) is 3.33. The highest BCUT2D eigenvalue weighted by Crippen LogP contribution is 2.35. The summed E-state index contributed by atoms with van der Waals surface area (Å²) >= 11 is 0. The number of nitrogens with zero attached hydrogens (tertiary/aromatic N) is 2. The molecule has 114 valence electrons. The summed E-state index contributed by atoms with van der Waals surface area (Å²) in [6, 6.07) is 0. The van der Waals surface area contributed by atoms with Gasteiger partial charge in [-0.05, 0) is 39.2 Å². The average Bonchev–Trinajstić information content (AvgIpc) is 3.08. The van der Waals surface area contributed by atoms with Crippen LogP contribution in [-0.4, -0.2) is 23.3 Å². The van der Waals surface area contributed by atoms with Gasteiger partial charge >= 0.3 is 0 Å². The summed E-state index contributed by atoms with van der Waals surface area (Å²) in [7, 11) is 0. The molecule has 0 bridgehead atoms. The number of hydrogen-bond acceptors (Lipinski definition) is 5. The third kappa shape index (κ3) is 3.20. The monoisotopic (exact) mass is 281 g/mol. The Morgan fingerprint density at radius 3 is 2.80 bits per heavy atom. The molecule has 1 aliphatic rings. The summed E-state index contributed by atoms with van der Waals surface area (Å²) < 4.78 is 11.3. The average molecular weight is 281 g/mol. The molecule has 0 spiro atoms. The van der Waals surface area contributed by atoms with Crippen LogP contribution in [0, 0.1) is 0 Å². The van der Waals surface area contributed by atoms with E-state index in [0.717, 1.165) is 44.5 Å². The van der Waals surface area contributed by atoms with Gasteiger partial charge in [-0.3, -0.25) is 0 Å². The van der Waals surface area contributed by atoms with Gasteiger partial charge < -0.3 is 14.6 Å². The molecule has 1 fully saturated rings. The first-order chi connectivity index (χ1) is 9.75. The summed E-state index contributed by atoms with van der Waals surface area (Å²) in [4.78, 5) is 4.66. The molecular formula is C15H27N3O2. The van der Waals surface area contributed by atoms with Crippen LogP contribution in [0.2, 0.25) is 0 Å². The summed E-state index contributed by atoms with van der Waals surface area (Å²) in [5, 5.41) is 7.74. The Kier molecular flexibility index (Phi) is 5.54. The Balaban J connectivity index is 2.17. The van der Waals surface area contributed by atoms with E-state index in [1.165, 1.54) is 6.42 Å². The third-order valence-corrected chi connectivity index (χ3v) is 3.98. The Morgan fingerprint density at radius 2 is 2.20 bits per heavy atom. The van der Waals surface area contributed by atoms with E-state index in [1.807, 2.05) is 6.92 Å². The van der Waals surface area contributed by atoms with Crippen molar-refractivity contribution in [3.8, 4) is 0 Å². The molecule has 2 unspecified atom stereocenters. The second kappa shape index (κ2) is 7.18. The van der Waals surface area contributed by atoms with Crippen LogP contribution in [0.15, 0.2) is 4.52 Å². The predicted molar refractivity (Wildman–Crippen MR) is 77.4 cm³/mol. The van der Waals surface area contributed by atoms with E-state index in [-0.39, 0.29) is 11.6 Å². The Bertz CT molecular complexity index is 394. The molecule has 5 nitrogen and oxygen atoms in total. The molecule has 2 heterocycles. The quantitative estimate of drug-likeness (QED) is 0.792. The van der Waals surface area contributed by atoms with Crippen molar-refractivity contribution in [2.45, 2.75) is 70.9 Å². The largest absolute Gasteiger partial charge is 0.370 e. The second-order valence-corrected chi connectivity index (χ2v) is 5.55. The van der Waals surface area contributed by atoms with Gasteiger partial charge in [0.2, 0.25) is 11.7 Å². The molecule has 0 aromatic carbocycles. The van der Waals surface area contributed by atoms with E-state index in [9.17, 15) is 0 Å². The maximum Gasteiger partial charge on any atom is 0.247 e. The van der Waals surface area contributed by atoms with Gasteiger partial charge in [0.1, 0.15) is 6.10 Å². The Morgan fingerprint density at radius 1 is 1.35 bits per heavy atom. The fourth-order valence-corrected chi connectivity index (χ4v) is 3.05. The molecular weight excluding hydrogens is 254 g/mol. The molecule has 1 N–H and O–H groups in total. The summed E-state index contributed by atoms with van der Waals surface area (Å²) in [5.41, 5.74) is -0.108. The smallest absolute Gasteiger partial charge is 0.247 e. The highest BCUT2D eigenvalue weighted by molar-refractivity contribution is 5.07. The minimum absolute atomic E-state index is 0.0393. The lowest BCUT2D eigenvalue weighted by atomic mass is 9.92. The van der Waals surface area contributed by atoms with E-state index in [2.05, 4.69) is 29.3 Å². The van der Waals surface area contributed by atoms with Crippen LogP contribution >= 0.6 is 0 Å². The first-order valence-electron chi connectivity index (χ1n) is 7.96. The van der Waals surface area contributed by atoms with Gasteiger partial charge in [-0.25, -0.2) is 0 Å². The minimum atomic E-state index is -0.108. The summed E-state index contributed by atoms with van der Waals surface area (Å²) in [6.45, 7) is 8.04. The topological polar surface area (TPSA) is 60.2 Å². The van der Waals surface area contributed by atoms with Crippen molar-refractivity contribution < 1.29 is 9.26 Å². The van der Waals surface area contributed by atoms with E-state index >= 15 is 0 Å². The van der Waals surface area contributed by atoms with E-state index < -0.39 is 0 Å². The van der Waals surface area contributed by atoms with E-state index in [4.69, 9.17) is 9.26 Å². The van der Waals surface area contributed by atoms with Crippen molar-refractivity contribution in [1.82, 2.24) is 15.5 Å². The van der Waals surface area contributed by atoms with Gasteiger partial charge in [-0.15, -0.1) is 0 Å². The van der Waals surface area contributed by atoms with Crippen LogP contribution in [0.25, 0.3) is 0 Å². The number of rotatable bonds is 8. The van der Waals surface area contributed by atoms with Gasteiger partial charge in [-0.1, -0.05) is 31.8 Å².